The minimum Gasteiger partial charge on any atom is -0.496 e. The van der Waals surface area contributed by atoms with Crippen LogP contribution in [0.1, 0.15) is 33.6 Å². The van der Waals surface area contributed by atoms with Gasteiger partial charge in [-0.15, -0.1) is 0 Å². The predicted octanol–water partition coefficient (Wildman–Crippen LogP) is 3.14. The van der Waals surface area contributed by atoms with E-state index in [-0.39, 0.29) is 18.9 Å². The van der Waals surface area contributed by atoms with Crippen molar-refractivity contribution in [3.63, 3.8) is 0 Å². The first-order chi connectivity index (χ1) is 14.5. The number of methoxy groups -OCH3 is 1. The van der Waals surface area contributed by atoms with Crippen molar-refractivity contribution in [1.82, 2.24) is 15.3 Å². The van der Waals surface area contributed by atoms with Crippen molar-refractivity contribution in [3.05, 3.63) is 88.3 Å². The van der Waals surface area contributed by atoms with E-state index in [9.17, 15) is 9.18 Å². The molecule has 0 saturated carbocycles. The molecule has 1 aliphatic rings. The lowest BCUT2D eigenvalue weighted by Gasteiger charge is -2.11. The first-order valence-corrected chi connectivity index (χ1v) is 9.59. The molecule has 0 spiro atoms. The van der Waals surface area contributed by atoms with Crippen molar-refractivity contribution in [2.45, 2.75) is 26.4 Å². The van der Waals surface area contributed by atoms with Gasteiger partial charge >= 0.3 is 0 Å². The summed E-state index contributed by atoms with van der Waals surface area (Å²) in [6.07, 6.45) is 3.63. The molecule has 152 valence electrons. The van der Waals surface area contributed by atoms with E-state index in [4.69, 9.17) is 4.74 Å². The summed E-state index contributed by atoms with van der Waals surface area (Å²) in [4.78, 5) is 25.7. The van der Waals surface area contributed by atoms with E-state index in [0.29, 0.717) is 23.6 Å². The fraction of sp³-hybridized carbons (Fsp3) is 0.217. The second kappa shape index (κ2) is 8.41. The first-order valence-electron chi connectivity index (χ1n) is 9.59. The number of nitrogens with zero attached hydrogens (tertiary/aromatic N) is 3. The Morgan fingerprint density at radius 3 is 2.90 bits per heavy atom. The molecule has 0 unspecified atom stereocenters. The number of hydrogen-bond acceptors (Lipinski definition) is 5. The summed E-state index contributed by atoms with van der Waals surface area (Å²) in [5.74, 6) is -0.250. The van der Waals surface area contributed by atoms with Gasteiger partial charge < -0.3 is 10.1 Å². The Balaban J connectivity index is 1.43. The lowest BCUT2D eigenvalue weighted by atomic mass is 10.0. The highest BCUT2D eigenvalue weighted by Crippen LogP contribution is 2.24. The normalized spacial score (nSPS) is 12.3. The Morgan fingerprint density at radius 2 is 2.10 bits per heavy atom. The van der Waals surface area contributed by atoms with Crippen molar-refractivity contribution in [1.29, 1.82) is 0 Å². The quantitative estimate of drug-likeness (QED) is 0.685. The van der Waals surface area contributed by atoms with Gasteiger partial charge in [-0.25, -0.2) is 4.39 Å². The number of aromatic nitrogens is 2. The average molecular weight is 404 g/mol. The molecular weight excluding hydrogens is 383 g/mol. The molecule has 30 heavy (non-hydrogen) atoms. The first kappa shape index (κ1) is 19.7. The summed E-state index contributed by atoms with van der Waals surface area (Å²) >= 11 is 0. The number of hydrogen-bond donors (Lipinski definition) is 1. The smallest absolute Gasteiger partial charge is 0.226 e. The fourth-order valence-corrected chi connectivity index (χ4v) is 3.49. The minimum absolute atomic E-state index is 0.0499. The van der Waals surface area contributed by atoms with Crippen LogP contribution in [0.2, 0.25) is 0 Å². The van der Waals surface area contributed by atoms with E-state index in [1.165, 1.54) is 13.2 Å². The molecule has 1 aliphatic heterocycles. The molecule has 3 aromatic rings. The van der Waals surface area contributed by atoms with Crippen LogP contribution in [0.25, 0.3) is 0 Å². The molecular formula is C23H21FN4O2. The Labute approximate surface area is 173 Å². The van der Waals surface area contributed by atoms with Gasteiger partial charge in [-0.2, -0.15) is 0 Å². The number of pyridine rings is 2. The van der Waals surface area contributed by atoms with Gasteiger partial charge in [0.1, 0.15) is 11.6 Å². The number of fused-ring (bicyclic) bond motifs is 1. The van der Waals surface area contributed by atoms with Gasteiger partial charge in [0.2, 0.25) is 5.91 Å². The number of rotatable bonds is 6. The number of halogens is 1. The number of aryl methyl sites for hydroxylation is 1. The van der Waals surface area contributed by atoms with E-state index in [1.807, 2.05) is 25.1 Å². The Morgan fingerprint density at radius 1 is 1.23 bits per heavy atom. The van der Waals surface area contributed by atoms with Crippen LogP contribution >= 0.6 is 0 Å². The number of amides is 1. The maximum absolute atomic E-state index is 14.0. The molecule has 2 aromatic heterocycles. The SMILES string of the molecule is COc1cccc(F)c1CNC(=O)Cc1cc2c(cn1)C(c1ccnc(C)c1)=NC2. The van der Waals surface area contributed by atoms with E-state index in [0.717, 1.165) is 28.1 Å². The van der Waals surface area contributed by atoms with Crippen LogP contribution in [0.15, 0.2) is 53.8 Å². The summed E-state index contributed by atoms with van der Waals surface area (Å²) in [7, 11) is 1.47. The summed E-state index contributed by atoms with van der Waals surface area (Å²) in [6.45, 7) is 2.54. The van der Waals surface area contributed by atoms with Crippen LogP contribution in [-0.2, 0) is 24.3 Å². The number of carbonyl (C=O) groups is 1. The maximum atomic E-state index is 14.0. The maximum Gasteiger partial charge on any atom is 0.226 e. The molecule has 1 amide bonds. The third-order valence-corrected chi connectivity index (χ3v) is 4.98. The molecule has 6 nitrogen and oxygen atoms in total. The van der Waals surface area contributed by atoms with Crippen molar-refractivity contribution in [3.8, 4) is 5.75 Å². The van der Waals surface area contributed by atoms with Crippen LogP contribution in [0.4, 0.5) is 4.39 Å². The van der Waals surface area contributed by atoms with Crippen molar-refractivity contribution in [2.75, 3.05) is 7.11 Å². The molecule has 0 bridgehead atoms. The highest BCUT2D eigenvalue weighted by atomic mass is 19.1. The topological polar surface area (TPSA) is 76.5 Å². The lowest BCUT2D eigenvalue weighted by Crippen LogP contribution is -2.25. The number of ether oxygens (including phenoxy) is 1. The highest BCUT2D eigenvalue weighted by Gasteiger charge is 2.19. The largest absolute Gasteiger partial charge is 0.496 e. The second-order valence-electron chi connectivity index (χ2n) is 7.06. The third-order valence-electron chi connectivity index (χ3n) is 4.98. The number of benzene rings is 1. The minimum atomic E-state index is -0.415. The summed E-state index contributed by atoms with van der Waals surface area (Å²) < 4.78 is 19.2. The van der Waals surface area contributed by atoms with Crippen LogP contribution < -0.4 is 10.1 Å². The zero-order valence-corrected chi connectivity index (χ0v) is 16.8. The monoisotopic (exact) mass is 404 g/mol. The van der Waals surface area contributed by atoms with Crippen LogP contribution in [0, 0.1) is 12.7 Å². The zero-order valence-electron chi connectivity index (χ0n) is 16.8. The molecule has 0 saturated heterocycles. The number of nitrogens with one attached hydrogen (secondary N) is 1. The summed E-state index contributed by atoms with van der Waals surface area (Å²) in [5.41, 5.74) is 5.80. The number of carbonyl (C=O) groups excluding carboxylic acids is 1. The molecule has 1 aromatic carbocycles. The van der Waals surface area contributed by atoms with Crippen LogP contribution in [0.5, 0.6) is 5.75 Å². The van der Waals surface area contributed by atoms with Crippen molar-refractivity contribution >= 4 is 11.6 Å². The van der Waals surface area contributed by atoms with Crippen molar-refractivity contribution in [2.24, 2.45) is 4.99 Å². The van der Waals surface area contributed by atoms with E-state index in [2.05, 4.69) is 20.3 Å². The number of aliphatic imine (C=N–C) groups is 1. The van der Waals surface area contributed by atoms with Crippen LogP contribution in [-0.4, -0.2) is 28.7 Å². The fourth-order valence-electron chi connectivity index (χ4n) is 3.49. The molecule has 7 heteroatoms. The standard InChI is InChI=1S/C23H21FN4O2/c1-14-8-15(6-7-25-14)23-18-12-26-17(9-16(18)11-28-23)10-22(29)27-13-19-20(24)4-3-5-21(19)30-2/h3-9,12H,10-11,13H2,1-2H3,(H,27,29). The van der Waals surface area contributed by atoms with Gasteiger partial charge in [-0.05, 0) is 42.8 Å². The van der Waals surface area contributed by atoms with Gasteiger partial charge in [0, 0.05) is 41.3 Å². The van der Waals surface area contributed by atoms with Gasteiger partial charge in [0.25, 0.3) is 0 Å². The molecule has 0 atom stereocenters. The van der Waals surface area contributed by atoms with E-state index in [1.54, 1.807) is 24.5 Å². The Kier molecular flexibility index (Phi) is 5.52. The zero-order chi connectivity index (χ0) is 21.1. The van der Waals surface area contributed by atoms with Crippen molar-refractivity contribution < 1.29 is 13.9 Å². The molecule has 4 rings (SSSR count). The molecule has 1 N–H and O–H groups in total. The van der Waals surface area contributed by atoms with Crippen LogP contribution in [0.3, 0.4) is 0 Å². The third kappa shape index (κ3) is 4.05. The molecule has 0 aliphatic carbocycles. The lowest BCUT2D eigenvalue weighted by molar-refractivity contribution is -0.120. The predicted molar refractivity (Wildman–Crippen MR) is 111 cm³/mol. The summed E-state index contributed by atoms with van der Waals surface area (Å²) in [5, 5.41) is 2.74. The molecule has 3 heterocycles. The van der Waals surface area contributed by atoms with E-state index >= 15 is 0 Å². The average Bonchev–Trinajstić information content (AvgIpc) is 3.16. The highest BCUT2D eigenvalue weighted by molar-refractivity contribution is 6.15. The van der Waals surface area contributed by atoms with Gasteiger partial charge in [0.05, 0.1) is 31.5 Å². The van der Waals surface area contributed by atoms with Gasteiger partial charge in [-0.1, -0.05) is 6.07 Å². The van der Waals surface area contributed by atoms with E-state index < -0.39 is 5.82 Å². The van der Waals surface area contributed by atoms with Gasteiger partial charge in [0.15, 0.2) is 0 Å². The summed E-state index contributed by atoms with van der Waals surface area (Å²) in [6, 6.07) is 10.4. The molecule has 0 radical (unpaired) electrons. The Bertz CT molecular complexity index is 1140. The van der Waals surface area contributed by atoms with Gasteiger partial charge in [-0.3, -0.25) is 19.8 Å². The Hall–Kier alpha value is -3.61. The second-order valence-corrected chi connectivity index (χ2v) is 7.06. The molecule has 0 fully saturated rings.